The Bertz CT molecular complexity index is 421. The molecule has 1 aliphatic heterocycles. The van der Waals surface area contributed by atoms with Crippen LogP contribution in [-0.2, 0) is 14.4 Å². The van der Waals surface area contributed by atoms with E-state index in [0.29, 0.717) is 18.2 Å². The second-order valence-corrected chi connectivity index (χ2v) is 6.93. The van der Waals surface area contributed by atoms with Crippen molar-refractivity contribution < 1.29 is 19.5 Å². The summed E-state index contributed by atoms with van der Waals surface area (Å²) in [4.78, 5) is 36.0. The van der Waals surface area contributed by atoms with Gasteiger partial charge in [-0.05, 0) is 18.3 Å². The summed E-state index contributed by atoms with van der Waals surface area (Å²) in [5, 5.41) is 11.9. The minimum atomic E-state index is -0.808. The summed E-state index contributed by atoms with van der Waals surface area (Å²) in [6.07, 6.45) is 4.96. The van der Waals surface area contributed by atoms with Gasteiger partial charge < -0.3 is 15.3 Å². The van der Waals surface area contributed by atoms with Crippen LogP contribution in [0.4, 0.5) is 0 Å². The number of aliphatic carboxylic acids is 1. The average Bonchev–Trinajstić information content (AvgIpc) is 2.82. The van der Waals surface area contributed by atoms with Gasteiger partial charge in [0.05, 0.1) is 18.1 Å². The fraction of sp³-hybridized carbons (Fsp3) is 0.786. The van der Waals surface area contributed by atoms with Crippen LogP contribution in [0.2, 0.25) is 0 Å². The summed E-state index contributed by atoms with van der Waals surface area (Å²) in [6, 6.07) is 0. The van der Waals surface area contributed by atoms with Crippen LogP contribution in [0.25, 0.3) is 0 Å². The Morgan fingerprint density at radius 1 is 1.29 bits per heavy atom. The minimum Gasteiger partial charge on any atom is -0.481 e. The number of carbonyl (C=O) groups excluding carboxylic acids is 2. The van der Waals surface area contributed by atoms with Gasteiger partial charge in [0, 0.05) is 6.54 Å². The van der Waals surface area contributed by atoms with E-state index in [2.05, 4.69) is 5.32 Å². The summed E-state index contributed by atoms with van der Waals surface area (Å²) in [7, 11) is 0. The van der Waals surface area contributed by atoms with Gasteiger partial charge >= 0.3 is 5.97 Å². The van der Waals surface area contributed by atoms with E-state index in [1.165, 1.54) is 16.7 Å². The first-order chi connectivity index (χ1) is 10.0. The van der Waals surface area contributed by atoms with Crippen LogP contribution in [0, 0.1) is 5.41 Å². The first-order valence-corrected chi connectivity index (χ1v) is 8.50. The zero-order valence-electron chi connectivity index (χ0n) is 12.1. The van der Waals surface area contributed by atoms with Crippen molar-refractivity contribution >= 4 is 29.5 Å². The number of carboxylic acid groups (broad SMARTS) is 1. The standard InChI is InChI=1S/C14H22N2O4S/c17-11(7-16-10-21-8-12(16)18)15-9-14(6-13(19)20)4-2-1-3-5-14/h1-10H2,(H,15,17)(H,19,20). The Morgan fingerprint density at radius 3 is 2.57 bits per heavy atom. The second kappa shape index (κ2) is 7.15. The van der Waals surface area contributed by atoms with Crippen LogP contribution in [0.15, 0.2) is 0 Å². The van der Waals surface area contributed by atoms with Gasteiger partial charge in [-0.2, -0.15) is 0 Å². The molecular formula is C14H22N2O4S. The zero-order valence-corrected chi connectivity index (χ0v) is 12.9. The molecule has 0 aromatic heterocycles. The number of nitrogens with one attached hydrogen (secondary N) is 1. The molecule has 0 aromatic carbocycles. The van der Waals surface area contributed by atoms with Gasteiger partial charge in [-0.1, -0.05) is 19.3 Å². The van der Waals surface area contributed by atoms with Crippen molar-refractivity contribution in [1.82, 2.24) is 10.2 Å². The highest BCUT2D eigenvalue weighted by molar-refractivity contribution is 8.00. The molecule has 6 nitrogen and oxygen atoms in total. The lowest BCUT2D eigenvalue weighted by Gasteiger charge is -2.36. The maximum Gasteiger partial charge on any atom is 0.303 e. The predicted octanol–water partition coefficient (Wildman–Crippen LogP) is 1.06. The van der Waals surface area contributed by atoms with E-state index < -0.39 is 5.97 Å². The molecule has 7 heteroatoms. The van der Waals surface area contributed by atoms with Crippen molar-refractivity contribution in [3.05, 3.63) is 0 Å². The van der Waals surface area contributed by atoms with Crippen LogP contribution in [0.1, 0.15) is 38.5 Å². The van der Waals surface area contributed by atoms with Crippen molar-refractivity contribution in [2.45, 2.75) is 38.5 Å². The lowest BCUT2D eigenvalue weighted by Crippen LogP contribution is -2.44. The van der Waals surface area contributed by atoms with Crippen molar-refractivity contribution in [3.8, 4) is 0 Å². The van der Waals surface area contributed by atoms with Gasteiger partial charge in [0.15, 0.2) is 0 Å². The van der Waals surface area contributed by atoms with Gasteiger partial charge in [0.1, 0.15) is 6.54 Å². The molecule has 0 aromatic rings. The SMILES string of the molecule is O=C(O)CC1(CNC(=O)CN2CSCC2=O)CCCCC1. The third kappa shape index (κ3) is 4.62. The Morgan fingerprint density at radius 2 is 2.00 bits per heavy atom. The predicted molar refractivity (Wildman–Crippen MR) is 79.8 cm³/mol. The summed E-state index contributed by atoms with van der Waals surface area (Å²) in [6.45, 7) is 0.474. The highest BCUT2D eigenvalue weighted by Gasteiger charge is 2.35. The van der Waals surface area contributed by atoms with Crippen molar-refractivity contribution in [2.75, 3.05) is 24.7 Å². The zero-order chi connectivity index (χ0) is 15.3. The molecule has 0 bridgehead atoms. The number of nitrogens with zero attached hydrogens (tertiary/aromatic N) is 1. The van der Waals surface area contributed by atoms with Gasteiger partial charge in [-0.25, -0.2) is 0 Å². The summed E-state index contributed by atoms with van der Waals surface area (Å²) >= 11 is 1.50. The van der Waals surface area contributed by atoms with Crippen molar-refractivity contribution in [2.24, 2.45) is 5.41 Å². The van der Waals surface area contributed by atoms with Crippen LogP contribution < -0.4 is 5.32 Å². The van der Waals surface area contributed by atoms with E-state index in [1.807, 2.05) is 0 Å². The molecule has 1 saturated heterocycles. The number of carbonyl (C=O) groups is 3. The normalized spacial score (nSPS) is 21.3. The van der Waals surface area contributed by atoms with E-state index in [0.717, 1.165) is 32.1 Å². The third-order valence-electron chi connectivity index (χ3n) is 4.26. The highest BCUT2D eigenvalue weighted by atomic mass is 32.2. The quantitative estimate of drug-likeness (QED) is 0.765. The first-order valence-electron chi connectivity index (χ1n) is 7.35. The topological polar surface area (TPSA) is 86.7 Å². The van der Waals surface area contributed by atoms with E-state index in [9.17, 15) is 14.4 Å². The number of hydrogen-bond donors (Lipinski definition) is 2. The molecule has 2 rings (SSSR count). The molecule has 118 valence electrons. The van der Waals surface area contributed by atoms with E-state index >= 15 is 0 Å². The molecule has 1 aliphatic carbocycles. The van der Waals surface area contributed by atoms with E-state index in [1.54, 1.807) is 0 Å². The van der Waals surface area contributed by atoms with Crippen LogP contribution in [0.3, 0.4) is 0 Å². The largest absolute Gasteiger partial charge is 0.481 e. The fourth-order valence-electron chi connectivity index (χ4n) is 3.09. The third-order valence-corrected chi connectivity index (χ3v) is 5.21. The maximum absolute atomic E-state index is 12.0. The molecule has 0 unspecified atom stereocenters. The molecular weight excluding hydrogens is 292 g/mol. The van der Waals surface area contributed by atoms with Gasteiger partial charge in [-0.15, -0.1) is 11.8 Å². The number of rotatable bonds is 6. The average molecular weight is 314 g/mol. The monoisotopic (exact) mass is 314 g/mol. The lowest BCUT2D eigenvalue weighted by molar-refractivity contribution is -0.140. The fourth-order valence-corrected chi connectivity index (χ4v) is 4.00. The molecule has 0 spiro atoms. The molecule has 1 saturated carbocycles. The van der Waals surface area contributed by atoms with Gasteiger partial charge in [0.2, 0.25) is 11.8 Å². The second-order valence-electron chi connectivity index (χ2n) is 5.98. The minimum absolute atomic E-state index is 0.00642. The van der Waals surface area contributed by atoms with Gasteiger partial charge in [0.25, 0.3) is 0 Å². The Hall–Kier alpha value is -1.24. The molecule has 2 N–H and O–H groups in total. The summed E-state index contributed by atoms with van der Waals surface area (Å²) in [5.74, 6) is -0.00512. The van der Waals surface area contributed by atoms with Crippen molar-refractivity contribution in [3.63, 3.8) is 0 Å². The first kappa shape index (κ1) is 16.1. The Balaban J connectivity index is 1.84. The number of amides is 2. The smallest absolute Gasteiger partial charge is 0.303 e. The highest BCUT2D eigenvalue weighted by Crippen LogP contribution is 2.38. The molecule has 21 heavy (non-hydrogen) atoms. The molecule has 2 fully saturated rings. The van der Waals surface area contributed by atoms with Crippen molar-refractivity contribution in [1.29, 1.82) is 0 Å². The molecule has 1 heterocycles. The number of thioether (sulfide) groups is 1. The van der Waals surface area contributed by atoms with E-state index in [4.69, 9.17) is 5.11 Å². The Kier molecular flexibility index (Phi) is 5.50. The maximum atomic E-state index is 12.0. The number of hydrogen-bond acceptors (Lipinski definition) is 4. The molecule has 0 atom stereocenters. The molecule has 2 aliphatic rings. The Labute approximate surface area is 128 Å². The van der Waals surface area contributed by atoms with Crippen LogP contribution in [-0.4, -0.2) is 52.5 Å². The van der Waals surface area contributed by atoms with E-state index in [-0.39, 0.29) is 30.2 Å². The molecule has 2 amide bonds. The molecule has 0 radical (unpaired) electrons. The summed E-state index contributed by atoms with van der Waals surface area (Å²) in [5.41, 5.74) is -0.316. The lowest BCUT2D eigenvalue weighted by atomic mass is 9.71. The summed E-state index contributed by atoms with van der Waals surface area (Å²) < 4.78 is 0. The van der Waals surface area contributed by atoms with Crippen LogP contribution >= 0.6 is 11.8 Å². The number of carboxylic acids is 1. The van der Waals surface area contributed by atoms with Gasteiger partial charge in [-0.3, -0.25) is 14.4 Å². The van der Waals surface area contributed by atoms with Crippen LogP contribution in [0.5, 0.6) is 0 Å².